The van der Waals surface area contributed by atoms with Gasteiger partial charge < -0.3 is 20.7 Å². The molecule has 2 atom stereocenters. The molecule has 0 bridgehead atoms. The highest BCUT2D eigenvalue weighted by atomic mass is 19.1. The van der Waals surface area contributed by atoms with Crippen molar-refractivity contribution in [2.24, 2.45) is 5.73 Å². The predicted molar refractivity (Wildman–Crippen MR) is 141 cm³/mol. The number of carbonyl (C=O) groups excluding carboxylic acids is 2. The smallest absolute Gasteiger partial charge is 0.410 e. The summed E-state index contributed by atoms with van der Waals surface area (Å²) in [6.45, 7) is 8.89. The number of halogens is 1. The maximum atomic E-state index is 15.1. The first-order chi connectivity index (χ1) is 17.6. The Morgan fingerprint density at radius 2 is 1.81 bits per heavy atom. The van der Waals surface area contributed by atoms with Crippen LogP contribution in [0.25, 0.3) is 0 Å². The van der Waals surface area contributed by atoms with Gasteiger partial charge in [-0.3, -0.25) is 14.7 Å². The number of aromatic nitrogens is 1. The third-order valence-corrected chi connectivity index (χ3v) is 6.77. The quantitative estimate of drug-likeness (QED) is 0.580. The average Bonchev–Trinajstić information content (AvgIpc) is 3.33. The Bertz CT molecular complexity index is 1100. The molecule has 37 heavy (non-hydrogen) atoms. The molecule has 200 valence electrons. The van der Waals surface area contributed by atoms with E-state index >= 15 is 4.39 Å². The first-order valence-corrected chi connectivity index (χ1v) is 13.0. The SMILES string of the molecule is CC(C)(C)OC(=O)N1CC[C@@H](Nc2cc(Cc3ccc(CN4CCCC4)cc3)ncc2C(N)=O)[C@@H](F)C1. The number of piperidine rings is 1. The number of alkyl halides is 1. The molecule has 3 heterocycles. The molecule has 2 aliphatic rings. The van der Waals surface area contributed by atoms with Crippen molar-refractivity contribution in [2.45, 2.75) is 70.8 Å². The summed E-state index contributed by atoms with van der Waals surface area (Å²) in [6, 6.07) is 9.70. The van der Waals surface area contributed by atoms with Crippen molar-refractivity contribution in [3.63, 3.8) is 0 Å². The van der Waals surface area contributed by atoms with E-state index in [-0.39, 0.29) is 12.1 Å². The number of hydrogen-bond acceptors (Lipinski definition) is 6. The van der Waals surface area contributed by atoms with Gasteiger partial charge >= 0.3 is 6.09 Å². The van der Waals surface area contributed by atoms with Crippen molar-refractivity contribution in [2.75, 3.05) is 31.5 Å². The van der Waals surface area contributed by atoms with Crippen molar-refractivity contribution in [3.8, 4) is 0 Å². The van der Waals surface area contributed by atoms with E-state index in [0.717, 1.165) is 30.9 Å². The molecule has 0 unspecified atom stereocenters. The van der Waals surface area contributed by atoms with E-state index in [1.54, 1.807) is 26.8 Å². The fourth-order valence-electron chi connectivity index (χ4n) is 4.84. The zero-order valence-electron chi connectivity index (χ0n) is 22.0. The number of pyridine rings is 1. The first-order valence-electron chi connectivity index (χ1n) is 13.0. The van der Waals surface area contributed by atoms with E-state index in [9.17, 15) is 9.59 Å². The number of nitrogens with zero attached hydrogens (tertiary/aromatic N) is 3. The highest BCUT2D eigenvalue weighted by Gasteiger charge is 2.34. The monoisotopic (exact) mass is 511 g/mol. The molecule has 0 spiro atoms. The van der Waals surface area contributed by atoms with Crippen LogP contribution in [-0.4, -0.2) is 70.8 Å². The molecule has 3 N–H and O–H groups in total. The third kappa shape index (κ3) is 7.41. The molecule has 0 saturated carbocycles. The zero-order chi connectivity index (χ0) is 26.6. The Hall–Kier alpha value is -3.20. The molecule has 1 aromatic heterocycles. The van der Waals surface area contributed by atoms with Crippen molar-refractivity contribution in [1.82, 2.24) is 14.8 Å². The van der Waals surface area contributed by atoms with E-state index in [4.69, 9.17) is 10.5 Å². The van der Waals surface area contributed by atoms with Crippen LogP contribution in [0, 0.1) is 0 Å². The van der Waals surface area contributed by atoms with Crippen molar-refractivity contribution in [1.29, 1.82) is 0 Å². The van der Waals surface area contributed by atoms with Crippen molar-refractivity contribution in [3.05, 3.63) is 58.9 Å². The van der Waals surface area contributed by atoms with Crippen LogP contribution >= 0.6 is 0 Å². The Kier molecular flexibility index (Phi) is 8.32. The van der Waals surface area contributed by atoms with Crippen LogP contribution < -0.4 is 11.1 Å². The number of rotatable bonds is 7. The van der Waals surface area contributed by atoms with E-state index in [0.29, 0.717) is 25.1 Å². The van der Waals surface area contributed by atoms with Gasteiger partial charge in [0.15, 0.2) is 0 Å². The van der Waals surface area contributed by atoms with Gasteiger partial charge in [0, 0.05) is 31.4 Å². The van der Waals surface area contributed by atoms with Gasteiger partial charge in [-0.15, -0.1) is 0 Å². The second-order valence-electron chi connectivity index (χ2n) is 11.0. The third-order valence-electron chi connectivity index (χ3n) is 6.77. The molecule has 8 nitrogen and oxygen atoms in total. The van der Waals surface area contributed by atoms with Crippen molar-refractivity contribution >= 4 is 17.7 Å². The predicted octanol–water partition coefficient (Wildman–Crippen LogP) is 4.13. The summed E-state index contributed by atoms with van der Waals surface area (Å²) in [5.41, 5.74) is 8.75. The Balaban J connectivity index is 1.41. The molecule has 9 heteroatoms. The summed E-state index contributed by atoms with van der Waals surface area (Å²) >= 11 is 0. The molecule has 2 aromatic rings. The van der Waals surface area contributed by atoms with Crippen LogP contribution in [0.1, 0.15) is 67.2 Å². The largest absolute Gasteiger partial charge is 0.444 e. The highest BCUT2D eigenvalue weighted by Crippen LogP contribution is 2.25. The van der Waals surface area contributed by atoms with Crippen LogP contribution in [0.4, 0.5) is 14.9 Å². The van der Waals surface area contributed by atoms with Gasteiger partial charge in [0.05, 0.1) is 23.8 Å². The maximum absolute atomic E-state index is 15.1. The van der Waals surface area contributed by atoms with Crippen LogP contribution in [0.3, 0.4) is 0 Å². The van der Waals surface area contributed by atoms with Gasteiger partial charge in [-0.2, -0.15) is 0 Å². The number of primary amides is 1. The minimum Gasteiger partial charge on any atom is -0.444 e. The van der Waals surface area contributed by atoms with Crippen molar-refractivity contribution < 1.29 is 18.7 Å². The Morgan fingerprint density at radius 1 is 1.14 bits per heavy atom. The zero-order valence-corrected chi connectivity index (χ0v) is 22.0. The van der Waals surface area contributed by atoms with Gasteiger partial charge in [0.2, 0.25) is 0 Å². The van der Waals surface area contributed by atoms with Gasteiger partial charge in [0.25, 0.3) is 5.91 Å². The molecule has 2 aliphatic heterocycles. The molecule has 0 radical (unpaired) electrons. The lowest BCUT2D eigenvalue weighted by atomic mass is 10.0. The lowest BCUT2D eigenvalue weighted by Gasteiger charge is -2.36. The number of hydrogen-bond donors (Lipinski definition) is 2. The van der Waals surface area contributed by atoms with E-state index in [2.05, 4.69) is 39.5 Å². The minimum absolute atomic E-state index is 0.0831. The second kappa shape index (κ2) is 11.5. The number of nitrogens with one attached hydrogen (secondary N) is 1. The molecule has 2 amide bonds. The van der Waals surface area contributed by atoms with Crippen LogP contribution in [0.15, 0.2) is 36.5 Å². The van der Waals surface area contributed by atoms with E-state index < -0.39 is 29.8 Å². The lowest BCUT2D eigenvalue weighted by molar-refractivity contribution is 0.0125. The van der Waals surface area contributed by atoms with Crippen LogP contribution in [-0.2, 0) is 17.7 Å². The number of anilines is 1. The standard InChI is InChI=1S/C28H38FN5O3/c1-28(2,3)37-27(36)34-13-10-24(23(29)18-34)32-25-15-21(31-16-22(25)26(30)35)14-19-6-8-20(9-7-19)17-33-11-4-5-12-33/h6-9,15-16,23-24H,4-5,10-14,17-18H2,1-3H3,(H2,30,35)(H,31,32)/t23-,24+/m0/s1. The summed E-state index contributed by atoms with van der Waals surface area (Å²) in [6.07, 6.45) is 3.08. The maximum Gasteiger partial charge on any atom is 0.410 e. The number of likely N-dealkylation sites (tertiary alicyclic amines) is 2. The molecule has 2 fully saturated rings. The average molecular weight is 512 g/mol. The van der Waals surface area contributed by atoms with Crippen LogP contribution in [0.2, 0.25) is 0 Å². The van der Waals surface area contributed by atoms with Gasteiger partial charge in [-0.05, 0) is 70.3 Å². The van der Waals surface area contributed by atoms with Crippen LogP contribution in [0.5, 0.6) is 0 Å². The molecule has 2 saturated heterocycles. The van der Waals surface area contributed by atoms with Gasteiger partial charge in [-0.1, -0.05) is 24.3 Å². The normalized spacial score (nSPS) is 20.6. The highest BCUT2D eigenvalue weighted by molar-refractivity contribution is 5.98. The van der Waals surface area contributed by atoms with Gasteiger partial charge in [-0.25, -0.2) is 9.18 Å². The molecule has 4 rings (SSSR count). The Morgan fingerprint density at radius 3 is 2.43 bits per heavy atom. The lowest BCUT2D eigenvalue weighted by Crippen LogP contribution is -2.51. The number of benzene rings is 1. The summed E-state index contributed by atoms with van der Waals surface area (Å²) < 4.78 is 20.5. The number of ether oxygens (including phenoxy) is 1. The molecular weight excluding hydrogens is 473 g/mol. The number of carbonyl (C=O) groups is 2. The number of amides is 2. The van der Waals surface area contributed by atoms with E-state index in [1.165, 1.54) is 29.5 Å². The summed E-state index contributed by atoms with van der Waals surface area (Å²) in [4.78, 5) is 32.7. The summed E-state index contributed by atoms with van der Waals surface area (Å²) in [5, 5.41) is 3.16. The van der Waals surface area contributed by atoms with E-state index in [1.807, 2.05) is 0 Å². The fourth-order valence-corrected chi connectivity index (χ4v) is 4.84. The summed E-state index contributed by atoms with van der Waals surface area (Å²) in [5.74, 6) is -0.630. The first kappa shape index (κ1) is 26.9. The Labute approximate surface area is 218 Å². The minimum atomic E-state index is -1.33. The topological polar surface area (TPSA) is 101 Å². The molecular formula is C28H38FN5O3. The fraction of sp³-hybridized carbons (Fsp3) is 0.536. The molecule has 1 aromatic carbocycles. The summed E-state index contributed by atoms with van der Waals surface area (Å²) in [7, 11) is 0. The van der Waals surface area contributed by atoms with Gasteiger partial charge in [0.1, 0.15) is 11.8 Å². The molecule has 0 aliphatic carbocycles. The second-order valence-corrected chi connectivity index (χ2v) is 11.0. The number of nitrogens with two attached hydrogens (primary N) is 1.